The molecule has 3 rings (SSSR count). The number of amides is 2. The topological polar surface area (TPSA) is 95.9 Å². The van der Waals surface area contributed by atoms with E-state index in [0.29, 0.717) is 45.2 Å². The molecule has 2 aliphatic heterocycles. The fourth-order valence-corrected chi connectivity index (χ4v) is 4.23. The number of likely N-dealkylation sites (tertiary alicyclic amines) is 1. The number of hydrogen-bond donors (Lipinski definition) is 2. The van der Waals surface area contributed by atoms with E-state index in [2.05, 4.69) is 5.32 Å². The molecule has 7 nitrogen and oxygen atoms in total. The molecule has 2 amide bonds. The summed E-state index contributed by atoms with van der Waals surface area (Å²) in [6, 6.07) is 7.98. The van der Waals surface area contributed by atoms with Crippen LogP contribution < -0.4 is 10.1 Å². The van der Waals surface area contributed by atoms with Gasteiger partial charge in [-0.05, 0) is 43.9 Å². The van der Waals surface area contributed by atoms with Crippen LogP contribution >= 0.6 is 0 Å². The Kier molecular flexibility index (Phi) is 6.77. The molecule has 2 fully saturated rings. The second kappa shape index (κ2) is 9.29. The maximum atomic E-state index is 12.7. The minimum Gasteiger partial charge on any atom is -0.490 e. The smallest absolute Gasteiger partial charge is 0.303 e. The van der Waals surface area contributed by atoms with Crippen molar-refractivity contribution in [2.75, 3.05) is 13.1 Å². The highest BCUT2D eigenvalue weighted by molar-refractivity contribution is 5.80. The van der Waals surface area contributed by atoms with Gasteiger partial charge >= 0.3 is 5.97 Å². The number of benzene rings is 1. The zero-order valence-electron chi connectivity index (χ0n) is 17.0. The standard InChI is InChI=1S/C22H30N2O5/c1-16-3-2-4-18(15-16)29-17-8-13-24(14-9-17)20(26)6-11-22(12-7-21(27)28)10-5-19(25)23-22/h2-4,15,17H,5-14H2,1H3,(H,23,25)(H,27,28)/t22-/m1/s1. The van der Waals surface area contributed by atoms with Gasteiger partial charge in [0.05, 0.1) is 0 Å². The Labute approximate surface area is 171 Å². The summed E-state index contributed by atoms with van der Waals surface area (Å²) in [5.74, 6) is -0.00791. The third-order valence-corrected chi connectivity index (χ3v) is 5.96. The summed E-state index contributed by atoms with van der Waals surface area (Å²) in [5.41, 5.74) is 0.600. The lowest BCUT2D eigenvalue weighted by atomic mass is 9.86. The highest BCUT2D eigenvalue weighted by atomic mass is 16.5. The van der Waals surface area contributed by atoms with Crippen LogP contribution in [0.5, 0.6) is 5.75 Å². The van der Waals surface area contributed by atoms with E-state index in [1.807, 2.05) is 36.1 Å². The normalized spacial score (nSPS) is 22.4. The van der Waals surface area contributed by atoms with Gasteiger partial charge < -0.3 is 20.1 Å². The Hall–Kier alpha value is -2.57. The van der Waals surface area contributed by atoms with Gasteiger partial charge in [-0.3, -0.25) is 14.4 Å². The molecule has 1 aromatic carbocycles. The second-order valence-electron chi connectivity index (χ2n) is 8.24. The molecule has 1 aromatic rings. The lowest BCUT2D eigenvalue weighted by Crippen LogP contribution is -2.45. The van der Waals surface area contributed by atoms with Crippen LogP contribution in [-0.2, 0) is 14.4 Å². The summed E-state index contributed by atoms with van der Waals surface area (Å²) < 4.78 is 6.05. The number of aliphatic carboxylic acids is 1. The molecule has 0 aliphatic carbocycles. The van der Waals surface area contributed by atoms with Crippen LogP contribution in [0, 0.1) is 6.92 Å². The monoisotopic (exact) mass is 402 g/mol. The van der Waals surface area contributed by atoms with Gasteiger partial charge in [0.2, 0.25) is 11.8 Å². The van der Waals surface area contributed by atoms with Gasteiger partial charge in [0.25, 0.3) is 0 Å². The van der Waals surface area contributed by atoms with Crippen LogP contribution in [0.3, 0.4) is 0 Å². The molecule has 7 heteroatoms. The molecule has 0 saturated carbocycles. The molecule has 158 valence electrons. The molecule has 2 N–H and O–H groups in total. The highest BCUT2D eigenvalue weighted by Crippen LogP contribution is 2.31. The quantitative estimate of drug-likeness (QED) is 0.697. The van der Waals surface area contributed by atoms with Gasteiger partial charge in [-0.15, -0.1) is 0 Å². The largest absolute Gasteiger partial charge is 0.490 e. The van der Waals surface area contributed by atoms with E-state index < -0.39 is 11.5 Å². The third-order valence-electron chi connectivity index (χ3n) is 5.96. The number of piperidine rings is 1. The van der Waals surface area contributed by atoms with Gasteiger partial charge in [-0.25, -0.2) is 0 Å². The summed E-state index contributed by atoms with van der Waals surface area (Å²) in [5, 5.41) is 11.9. The van der Waals surface area contributed by atoms with Crippen LogP contribution in [-0.4, -0.2) is 52.5 Å². The minimum absolute atomic E-state index is 0.00381. The second-order valence-corrected chi connectivity index (χ2v) is 8.24. The predicted octanol–water partition coefficient (Wildman–Crippen LogP) is 2.66. The number of carboxylic acids is 1. The number of carbonyl (C=O) groups excluding carboxylic acids is 2. The predicted molar refractivity (Wildman–Crippen MR) is 108 cm³/mol. The van der Waals surface area contributed by atoms with E-state index >= 15 is 0 Å². The van der Waals surface area contributed by atoms with Crippen molar-refractivity contribution in [1.82, 2.24) is 10.2 Å². The van der Waals surface area contributed by atoms with Crippen LogP contribution in [0.15, 0.2) is 24.3 Å². The first-order valence-corrected chi connectivity index (χ1v) is 10.4. The molecule has 0 bridgehead atoms. The fraction of sp³-hybridized carbons (Fsp3) is 0.591. The molecule has 0 unspecified atom stereocenters. The van der Waals surface area contributed by atoms with E-state index in [-0.39, 0.29) is 24.3 Å². The molecular weight excluding hydrogens is 372 g/mol. The van der Waals surface area contributed by atoms with Crippen molar-refractivity contribution in [3.05, 3.63) is 29.8 Å². The molecular formula is C22H30N2O5. The lowest BCUT2D eigenvalue weighted by Gasteiger charge is -2.34. The van der Waals surface area contributed by atoms with Crippen molar-refractivity contribution in [3.8, 4) is 5.75 Å². The summed E-state index contributed by atoms with van der Waals surface area (Å²) in [6.07, 6.45) is 3.87. The van der Waals surface area contributed by atoms with Gasteiger partial charge in [-0.2, -0.15) is 0 Å². The van der Waals surface area contributed by atoms with Crippen molar-refractivity contribution in [2.45, 2.75) is 69.9 Å². The molecule has 0 spiro atoms. The maximum absolute atomic E-state index is 12.7. The third kappa shape index (κ3) is 5.95. The summed E-state index contributed by atoms with van der Waals surface area (Å²) in [4.78, 5) is 37.2. The lowest BCUT2D eigenvalue weighted by molar-refractivity contribution is -0.137. The van der Waals surface area contributed by atoms with Crippen molar-refractivity contribution >= 4 is 17.8 Å². The molecule has 2 heterocycles. The molecule has 0 radical (unpaired) electrons. The Balaban J connectivity index is 1.46. The van der Waals surface area contributed by atoms with E-state index in [9.17, 15) is 14.4 Å². The summed E-state index contributed by atoms with van der Waals surface area (Å²) >= 11 is 0. The van der Waals surface area contributed by atoms with Crippen LogP contribution in [0.25, 0.3) is 0 Å². The zero-order valence-corrected chi connectivity index (χ0v) is 17.0. The van der Waals surface area contributed by atoms with E-state index in [1.165, 1.54) is 0 Å². The van der Waals surface area contributed by atoms with E-state index in [0.717, 1.165) is 24.2 Å². The van der Waals surface area contributed by atoms with Gasteiger partial charge in [0.1, 0.15) is 11.9 Å². The molecule has 29 heavy (non-hydrogen) atoms. The van der Waals surface area contributed by atoms with Crippen molar-refractivity contribution in [3.63, 3.8) is 0 Å². The Bertz CT molecular complexity index is 757. The summed E-state index contributed by atoms with van der Waals surface area (Å²) in [6.45, 7) is 3.34. The molecule has 2 saturated heterocycles. The zero-order chi connectivity index (χ0) is 20.9. The van der Waals surface area contributed by atoms with Gasteiger partial charge in [0, 0.05) is 50.7 Å². The number of carboxylic acid groups (broad SMARTS) is 1. The van der Waals surface area contributed by atoms with Crippen molar-refractivity contribution in [2.24, 2.45) is 0 Å². The first-order chi connectivity index (χ1) is 13.8. The van der Waals surface area contributed by atoms with Crippen LogP contribution in [0.1, 0.15) is 56.9 Å². The highest BCUT2D eigenvalue weighted by Gasteiger charge is 2.38. The van der Waals surface area contributed by atoms with Crippen LogP contribution in [0.4, 0.5) is 0 Å². The average molecular weight is 402 g/mol. The van der Waals surface area contributed by atoms with E-state index in [4.69, 9.17) is 9.84 Å². The van der Waals surface area contributed by atoms with Crippen molar-refractivity contribution < 1.29 is 24.2 Å². The average Bonchev–Trinajstić information content (AvgIpc) is 3.06. The number of hydrogen-bond acceptors (Lipinski definition) is 4. The Morgan fingerprint density at radius 2 is 1.97 bits per heavy atom. The number of carbonyl (C=O) groups is 3. The van der Waals surface area contributed by atoms with Crippen LogP contribution in [0.2, 0.25) is 0 Å². The number of rotatable bonds is 8. The minimum atomic E-state index is -0.882. The maximum Gasteiger partial charge on any atom is 0.303 e. The number of nitrogens with zero attached hydrogens (tertiary/aromatic N) is 1. The Morgan fingerprint density at radius 1 is 1.24 bits per heavy atom. The van der Waals surface area contributed by atoms with Gasteiger partial charge in [-0.1, -0.05) is 12.1 Å². The fourth-order valence-electron chi connectivity index (χ4n) is 4.23. The van der Waals surface area contributed by atoms with Gasteiger partial charge in [0.15, 0.2) is 0 Å². The first-order valence-electron chi connectivity index (χ1n) is 10.4. The summed E-state index contributed by atoms with van der Waals surface area (Å²) in [7, 11) is 0. The van der Waals surface area contributed by atoms with Crippen molar-refractivity contribution in [1.29, 1.82) is 0 Å². The Morgan fingerprint density at radius 3 is 2.59 bits per heavy atom. The first kappa shape index (κ1) is 21.1. The SMILES string of the molecule is Cc1cccc(OC2CCN(C(=O)CC[C@@]3(CCC(=O)O)CCC(=O)N3)CC2)c1. The number of aryl methyl sites for hydroxylation is 1. The molecule has 1 atom stereocenters. The van der Waals surface area contributed by atoms with E-state index in [1.54, 1.807) is 0 Å². The molecule has 2 aliphatic rings. The molecule has 0 aromatic heterocycles. The number of ether oxygens (including phenoxy) is 1. The number of nitrogens with one attached hydrogen (secondary N) is 1.